The molecule has 8 heteroatoms. The molecular weight excluding hydrogens is 363 g/mol. The fourth-order valence-corrected chi connectivity index (χ4v) is 2.72. The molecule has 0 spiro atoms. The minimum Gasteiger partial charge on any atom is -0.369 e. The van der Waals surface area contributed by atoms with Gasteiger partial charge in [-0.25, -0.2) is 4.98 Å². The summed E-state index contributed by atoms with van der Waals surface area (Å²) in [6.45, 7) is 2.43. The highest BCUT2D eigenvalue weighted by molar-refractivity contribution is 9.11. The van der Waals surface area contributed by atoms with E-state index >= 15 is 0 Å². The molecule has 0 bridgehead atoms. The highest BCUT2D eigenvalue weighted by Crippen LogP contribution is 2.34. The Kier molecular flexibility index (Phi) is 4.84. The van der Waals surface area contributed by atoms with E-state index < -0.39 is 17.4 Å². The molecule has 1 aliphatic heterocycles. The molecule has 21 heavy (non-hydrogen) atoms. The van der Waals surface area contributed by atoms with Crippen molar-refractivity contribution in [1.82, 2.24) is 4.98 Å². The lowest BCUT2D eigenvalue weighted by atomic mass is 10.1. The molecule has 1 amide bonds. The first-order valence-corrected chi connectivity index (χ1v) is 7.38. The lowest BCUT2D eigenvalue weighted by Crippen LogP contribution is -2.36. The zero-order valence-electron chi connectivity index (χ0n) is 11.1. The first-order chi connectivity index (χ1) is 9.93. The van der Waals surface area contributed by atoms with E-state index in [4.69, 9.17) is 17.3 Å². The van der Waals surface area contributed by atoms with Crippen LogP contribution < -0.4 is 16.0 Å². The molecule has 1 unspecified atom stereocenters. The Hall–Kier alpha value is -1.60. The summed E-state index contributed by atoms with van der Waals surface area (Å²) in [6.07, 6.45) is 3.24. The Morgan fingerprint density at radius 3 is 2.95 bits per heavy atom. The van der Waals surface area contributed by atoms with Crippen molar-refractivity contribution in [2.24, 2.45) is 5.73 Å². The van der Waals surface area contributed by atoms with Gasteiger partial charge in [0, 0.05) is 17.2 Å². The molecule has 3 N–H and O–H groups in total. The molecule has 5 nitrogen and oxygen atoms in total. The third-order valence-corrected chi connectivity index (χ3v) is 3.68. The Labute approximate surface area is 134 Å². The fraction of sp³-hybridized carbons (Fsp3) is 0.231. The van der Waals surface area contributed by atoms with Gasteiger partial charge in [0.15, 0.2) is 5.82 Å². The highest BCUT2D eigenvalue weighted by Gasteiger charge is 2.28. The van der Waals surface area contributed by atoms with Crippen LogP contribution in [-0.4, -0.2) is 22.9 Å². The Bertz CT molecular complexity index is 635. The quantitative estimate of drug-likeness (QED) is 0.482. The molecule has 2 rings (SSSR count). The number of nitrogens with zero attached hydrogens (tertiary/aromatic N) is 2. The summed E-state index contributed by atoms with van der Waals surface area (Å²) >= 11 is 9.60. The standard InChI is InChI=1S/C13H13BrClFN4O/c1-2-18-13-9(3-4-10(16)19-13)20-6-7(14)5-8(11(20)15)12(17)21/h3-6,11H,2H2,1H3,(H2,17,21)(H,18,19). The van der Waals surface area contributed by atoms with Crippen molar-refractivity contribution in [3.8, 4) is 0 Å². The van der Waals surface area contributed by atoms with Gasteiger partial charge in [0.1, 0.15) is 5.50 Å². The normalized spacial score (nSPS) is 18.1. The monoisotopic (exact) mass is 374 g/mol. The lowest BCUT2D eigenvalue weighted by Gasteiger charge is -2.31. The summed E-state index contributed by atoms with van der Waals surface area (Å²) in [5, 5.41) is 2.96. The van der Waals surface area contributed by atoms with Crippen molar-refractivity contribution in [2.45, 2.75) is 12.4 Å². The summed E-state index contributed by atoms with van der Waals surface area (Å²) in [5.41, 5.74) is 5.30. The topological polar surface area (TPSA) is 71.2 Å². The van der Waals surface area contributed by atoms with Gasteiger partial charge in [0.2, 0.25) is 11.9 Å². The van der Waals surface area contributed by atoms with Crippen molar-refractivity contribution < 1.29 is 9.18 Å². The predicted molar refractivity (Wildman–Crippen MR) is 84.8 cm³/mol. The first-order valence-electron chi connectivity index (χ1n) is 6.15. The van der Waals surface area contributed by atoms with E-state index in [1.165, 1.54) is 12.1 Å². The number of hydrogen-bond acceptors (Lipinski definition) is 4. The van der Waals surface area contributed by atoms with Gasteiger partial charge in [-0.2, -0.15) is 4.39 Å². The van der Waals surface area contributed by atoms with E-state index in [2.05, 4.69) is 26.2 Å². The maximum absolute atomic E-state index is 13.3. The molecule has 1 aromatic rings. The summed E-state index contributed by atoms with van der Waals surface area (Å²) in [5.74, 6) is -0.887. The fourth-order valence-electron chi connectivity index (χ4n) is 1.92. The van der Waals surface area contributed by atoms with Crippen LogP contribution in [0.3, 0.4) is 0 Å². The number of pyridine rings is 1. The summed E-state index contributed by atoms with van der Waals surface area (Å²) in [6, 6.07) is 2.76. The van der Waals surface area contributed by atoms with E-state index in [0.717, 1.165) is 0 Å². The molecule has 0 aliphatic carbocycles. The number of rotatable bonds is 4. The van der Waals surface area contributed by atoms with Gasteiger partial charge in [0.25, 0.3) is 0 Å². The SMILES string of the molecule is CCNc1nc(F)ccc1N1C=C(Br)C=C(C(N)=O)C1Cl. The number of hydrogen-bond donors (Lipinski definition) is 2. The number of alkyl halides is 1. The molecule has 0 radical (unpaired) electrons. The Morgan fingerprint density at radius 2 is 2.33 bits per heavy atom. The maximum Gasteiger partial charge on any atom is 0.248 e. The van der Waals surface area contributed by atoms with Crippen molar-refractivity contribution in [2.75, 3.05) is 16.8 Å². The number of carbonyl (C=O) groups is 1. The van der Waals surface area contributed by atoms with Crippen LogP contribution in [0.15, 0.2) is 34.5 Å². The van der Waals surface area contributed by atoms with Crippen LogP contribution in [0.4, 0.5) is 15.9 Å². The second-order valence-corrected chi connectivity index (χ2v) is 5.58. The van der Waals surface area contributed by atoms with E-state index in [9.17, 15) is 9.18 Å². The third-order valence-electron chi connectivity index (χ3n) is 2.80. The van der Waals surface area contributed by atoms with Crippen molar-refractivity contribution in [3.05, 3.63) is 40.4 Å². The summed E-state index contributed by atoms with van der Waals surface area (Å²) in [7, 11) is 0. The number of allylic oxidation sites excluding steroid dienone is 2. The second kappa shape index (κ2) is 6.44. The van der Waals surface area contributed by atoms with Gasteiger partial charge in [-0.05, 0) is 41.1 Å². The summed E-state index contributed by atoms with van der Waals surface area (Å²) < 4.78 is 13.9. The Morgan fingerprint density at radius 1 is 1.62 bits per heavy atom. The Balaban J connectivity index is 2.47. The second-order valence-electron chi connectivity index (χ2n) is 4.25. The van der Waals surface area contributed by atoms with Crippen LogP contribution >= 0.6 is 27.5 Å². The van der Waals surface area contributed by atoms with E-state index in [1.54, 1.807) is 17.2 Å². The minimum absolute atomic E-state index is 0.234. The number of halogens is 3. The van der Waals surface area contributed by atoms with Crippen LogP contribution in [0.2, 0.25) is 0 Å². The molecule has 1 atom stereocenters. The van der Waals surface area contributed by atoms with Crippen LogP contribution in [0, 0.1) is 5.95 Å². The molecule has 112 valence electrons. The summed E-state index contributed by atoms with van der Waals surface area (Å²) in [4.78, 5) is 16.9. The first kappa shape index (κ1) is 15.8. The number of nitrogens with one attached hydrogen (secondary N) is 1. The molecule has 1 aliphatic rings. The zero-order valence-corrected chi connectivity index (χ0v) is 13.4. The van der Waals surface area contributed by atoms with Crippen LogP contribution in [0.1, 0.15) is 6.92 Å². The molecule has 0 fully saturated rings. The average molecular weight is 376 g/mol. The number of amides is 1. The van der Waals surface area contributed by atoms with Crippen molar-refractivity contribution in [3.63, 3.8) is 0 Å². The van der Waals surface area contributed by atoms with Crippen LogP contribution in [0.25, 0.3) is 0 Å². The zero-order chi connectivity index (χ0) is 15.6. The van der Waals surface area contributed by atoms with Gasteiger partial charge in [0.05, 0.1) is 11.3 Å². The van der Waals surface area contributed by atoms with Crippen LogP contribution in [0.5, 0.6) is 0 Å². The van der Waals surface area contributed by atoms with Crippen LogP contribution in [-0.2, 0) is 4.79 Å². The molecule has 1 aromatic heterocycles. The third kappa shape index (κ3) is 3.36. The van der Waals surface area contributed by atoms with Gasteiger partial charge in [-0.15, -0.1) is 0 Å². The molecular formula is C13H13BrClFN4O. The van der Waals surface area contributed by atoms with Gasteiger partial charge >= 0.3 is 0 Å². The van der Waals surface area contributed by atoms with Gasteiger partial charge in [-0.3, -0.25) is 4.79 Å². The largest absolute Gasteiger partial charge is 0.369 e. The molecule has 2 heterocycles. The minimum atomic E-state index is -0.798. The van der Waals surface area contributed by atoms with E-state index in [1.807, 2.05) is 6.92 Å². The number of nitrogens with two attached hydrogens (primary N) is 1. The number of aromatic nitrogens is 1. The number of carbonyl (C=O) groups excluding carboxylic acids is 1. The highest BCUT2D eigenvalue weighted by atomic mass is 79.9. The number of anilines is 2. The lowest BCUT2D eigenvalue weighted by molar-refractivity contribution is -0.114. The van der Waals surface area contributed by atoms with Crippen molar-refractivity contribution >= 4 is 44.9 Å². The predicted octanol–water partition coefficient (Wildman–Crippen LogP) is 2.69. The van der Waals surface area contributed by atoms with Gasteiger partial charge < -0.3 is 16.0 Å². The van der Waals surface area contributed by atoms with Crippen molar-refractivity contribution in [1.29, 1.82) is 0 Å². The van der Waals surface area contributed by atoms with E-state index in [0.29, 0.717) is 22.5 Å². The molecule has 0 saturated heterocycles. The average Bonchev–Trinajstić information content (AvgIpc) is 2.42. The maximum atomic E-state index is 13.3. The number of primary amides is 1. The molecule has 0 saturated carbocycles. The molecule has 0 aromatic carbocycles. The smallest absolute Gasteiger partial charge is 0.248 e. The van der Waals surface area contributed by atoms with E-state index in [-0.39, 0.29) is 5.57 Å². The van der Waals surface area contributed by atoms with Gasteiger partial charge in [-0.1, -0.05) is 11.6 Å².